The second-order valence-corrected chi connectivity index (χ2v) is 5.83. The Hall–Kier alpha value is -1.20. The van der Waals surface area contributed by atoms with Gasteiger partial charge in [-0.2, -0.15) is 0 Å². The first-order valence-corrected chi connectivity index (χ1v) is 6.45. The molecule has 18 heavy (non-hydrogen) atoms. The Morgan fingerprint density at radius 2 is 2.22 bits per heavy atom. The summed E-state index contributed by atoms with van der Waals surface area (Å²) in [6, 6.07) is 7.57. The van der Waals surface area contributed by atoms with Crippen molar-refractivity contribution < 1.29 is 14.3 Å². The maximum Gasteiger partial charge on any atom is 0.319 e. The number of fused-ring (bicyclic) bond motifs is 1. The lowest BCUT2D eigenvalue weighted by atomic mass is 10.1. The second-order valence-electron chi connectivity index (χ2n) is 4.31. The third-order valence-corrected chi connectivity index (χ3v) is 3.96. The molecule has 0 saturated carbocycles. The molecule has 0 fully saturated rings. The lowest BCUT2D eigenvalue weighted by Gasteiger charge is -2.19. The van der Waals surface area contributed by atoms with Gasteiger partial charge in [-0.3, -0.25) is 9.59 Å². The van der Waals surface area contributed by atoms with Crippen molar-refractivity contribution in [2.24, 2.45) is 0 Å². The van der Waals surface area contributed by atoms with E-state index in [1.54, 1.807) is 0 Å². The molecule has 0 spiro atoms. The van der Waals surface area contributed by atoms with Crippen molar-refractivity contribution in [3.8, 4) is 0 Å². The molecule has 0 bridgehead atoms. The molecule has 4 nitrogen and oxygen atoms in total. The Balaban J connectivity index is 2.02. The fourth-order valence-electron chi connectivity index (χ4n) is 2.10. The summed E-state index contributed by atoms with van der Waals surface area (Å²) >= 11 is 3.50. The monoisotopic (exact) mass is 311 g/mol. The number of ether oxygens (including phenoxy) is 1. The number of methoxy groups -OCH3 is 1. The predicted molar refractivity (Wildman–Crippen MR) is 71.0 cm³/mol. The molecule has 1 aliphatic carbocycles. The van der Waals surface area contributed by atoms with Crippen LogP contribution in [0.25, 0.3) is 0 Å². The van der Waals surface area contributed by atoms with E-state index in [0.29, 0.717) is 13.0 Å². The van der Waals surface area contributed by atoms with Gasteiger partial charge in [-0.15, -0.1) is 0 Å². The number of ketones is 1. The molecule has 0 aliphatic heterocycles. The van der Waals surface area contributed by atoms with Gasteiger partial charge < -0.3 is 10.1 Å². The number of benzene rings is 1. The Morgan fingerprint density at radius 1 is 1.50 bits per heavy atom. The summed E-state index contributed by atoms with van der Waals surface area (Å²) in [7, 11) is 1.34. The summed E-state index contributed by atoms with van der Waals surface area (Å²) in [4.78, 5) is 23.3. The summed E-state index contributed by atoms with van der Waals surface area (Å²) in [6.07, 6.45) is 0.635. The van der Waals surface area contributed by atoms with Crippen LogP contribution in [0.4, 0.5) is 0 Å². The number of Topliss-reactive ketones (excluding diaryl/α,β-unsaturated/α-hetero) is 1. The molecule has 1 atom stereocenters. The van der Waals surface area contributed by atoms with E-state index in [4.69, 9.17) is 0 Å². The first-order chi connectivity index (χ1) is 8.57. The molecule has 1 N–H and O–H groups in total. The number of hydrogen-bond donors (Lipinski definition) is 1. The highest BCUT2D eigenvalue weighted by Crippen LogP contribution is 2.35. The van der Waals surface area contributed by atoms with Crippen LogP contribution in [-0.4, -0.2) is 36.3 Å². The topological polar surface area (TPSA) is 55.4 Å². The van der Waals surface area contributed by atoms with Crippen molar-refractivity contribution in [3.63, 3.8) is 0 Å². The van der Waals surface area contributed by atoms with Crippen molar-refractivity contribution >= 4 is 27.7 Å². The Bertz CT molecular complexity index is 489. The molecule has 1 aromatic rings. The highest BCUT2D eigenvalue weighted by atomic mass is 79.9. The van der Waals surface area contributed by atoms with Crippen molar-refractivity contribution in [2.75, 3.05) is 20.2 Å². The quantitative estimate of drug-likeness (QED) is 0.673. The molecular formula is C13H14BrNO3. The molecule has 0 radical (unpaired) electrons. The van der Waals surface area contributed by atoms with Crippen molar-refractivity contribution in [1.82, 2.24) is 5.32 Å². The van der Waals surface area contributed by atoms with Gasteiger partial charge in [-0.1, -0.05) is 40.2 Å². The lowest BCUT2D eigenvalue weighted by Crippen LogP contribution is -2.42. The van der Waals surface area contributed by atoms with Crippen LogP contribution < -0.4 is 5.32 Å². The third-order valence-electron chi connectivity index (χ3n) is 3.04. The number of esters is 1. The van der Waals surface area contributed by atoms with E-state index in [1.165, 1.54) is 7.11 Å². The molecule has 0 heterocycles. The standard InChI is InChI=1S/C13H14BrNO3/c1-18-11(16)7-15-8-13(14)6-9-4-2-3-5-10(9)12(13)17/h2-5,15H,6-8H2,1H3. The molecule has 1 aromatic carbocycles. The van der Waals surface area contributed by atoms with Gasteiger partial charge in [0.2, 0.25) is 0 Å². The van der Waals surface area contributed by atoms with Crippen LogP contribution >= 0.6 is 15.9 Å². The van der Waals surface area contributed by atoms with Gasteiger partial charge >= 0.3 is 5.97 Å². The lowest BCUT2D eigenvalue weighted by molar-refractivity contribution is -0.139. The number of carbonyl (C=O) groups is 2. The van der Waals surface area contributed by atoms with Crippen molar-refractivity contribution in [1.29, 1.82) is 0 Å². The van der Waals surface area contributed by atoms with Crippen LogP contribution in [0.15, 0.2) is 24.3 Å². The summed E-state index contributed by atoms with van der Waals surface area (Å²) in [5.41, 5.74) is 1.80. The van der Waals surface area contributed by atoms with E-state index >= 15 is 0 Å². The van der Waals surface area contributed by atoms with Gasteiger partial charge in [0, 0.05) is 12.1 Å². The van der Waals surface area contributed by atoms with Gasteiger partial charge in [-0.05, 0) is 12.0 Å². The minimum absolute atomic E-state index is 0.0652. The number of rotatable bonds is 4. The van der Waals surface area contributed by atoms with Crippen molar-refractivity contribution in [2.45, 2.75) is 10.7 Å². The summed E-state index contributed by atoms with van der Waals surface area (Å²) < 4.78 is 3.89. The van der Waals surface area contributed by atoms with E-state index in [2.05, 4.69) is 26.0 Å². The smallest absolute Gasteiger partial charge is 0.319 e. The summed E-state index contributed by atoms with van der Waals surface area (Å²) in [5.74, 6) is -0.274. The van der Waals surface area contributed by atoms with E-state index in [-0.39, 0.29) is 18.3 Å². The normalized spacial score (nSPS) is 21.8. The Kier molecular flexibility index (Phi) is 3.82. The van der Waals surface area contributed by atoms with Gasteiger partial charge in [0.15, 0.2) is 5.78 Å². The van der Waals surface area contributed by atoms with Crippen LogP contribution in [-0.2, 0) is 16.0 Å². The van der Waals surface area contributed by atoms with Crippen LogP contribution in [0.2, 0.25) is 0 Å². The maximum atomic E-state index is 12.3. The van der Waals surface area contributed by atoms with Gasteiger partial charge in [0.05, 0.1) is 13.7 Å². The number of nitrogens with one attached hydrogen (secondary N) is 1. The average Bonchev–Trinajstić information content (AvgIpc) is 2.62. The maximum absolute atomic E-state index is 12.3. The highest BCUT2D eigenvalue weighted by Gasteiger charge is 2.42. The van der Waals surface area contributed by atoms with E-state index < -0.39 is 4.32 Å². The molecule has 96 valence electrons. The minimum atomic E-state index is -0.648. The van der Waals surface area contributed by atoms with E-state index in [1.807, 2.05) is 24.3 Å². The molecule has 1 unspecified atom stereocenters. The van der Waals surface area contributed by atoms with Crippen LogP contribution in [0.5, 0.6) is 0 Å². The average molecular weight is 312 g/mol. The molecule has 0 saturated heterocycles. The van der Waals surface area contributed by atoms with E-state index in [0.717, 1.165) is 11.1 Å². The molecule has 2 rings (SSSR count). The zero-order valence-corrected chi connectivity index (χ0v) is 11.6. The number of halogens is 1. The van der Waals surface area contributed by atoms with Gasteiger partial charge in [0.1, 0.15) is 4.32 Å². The zero-order chi connectivity index (χ0) is 13.2. The number of alkyl halides is 1. The fraction of sp³-hybridized carbons (Fsp3) is 0.385. The Morgan fingerprint density at radius 3 is 2.89 bits per heavy atom. The molecule has 0 aromatic heterocycles. The van der Waals surface area contributed by atoms with Gasteiger partial charge in [0.25, 0.3) is 0 Å². The number of hydrogen-bond acceptors (Lipinski definition) is 4. The minimum Gasteiger partial charge on any atom is -0.468 e. The van der Waals surface area contributed by atoms with Crippen LogP contribution in [0, 0.1) is 0 Å². The summed E-state index contributed by atoms with van der Waals surface area (Å²) in [6.45, 7) is 0.503. The first kappa shape index (κ1) is 13.2. The third kappa shape index (κ3) is 2.47. The van der Waals surface area contributed by atoms with E-state index in [9.17, 15) is 9.59 Å². The molecule has 1 aliphatic rings. The van der Waals surface area contributed by atoms with Crippen LogP contribution in [0.1, 0.15) is 15.9 Å². The van der Waals surface area contributed by atoms with Crippen molar-refractivity contribution in [3.05, 3.63) is 35.4 Å². The Labute approximate surface area is 114 Å². The molecule has 5 heteroatoms. The fourth-order valence-corrected chi connectivity index (χ4v) is 2.81. The predicted octanol–water partition coefficient (Wildman–Crippen LogP) is 1.32. The zero-order valence-electron chi connectivity index (χ0n) is 10.0. The molecular weight excluding hydrogens is 298 g/mol. The van der Waals surface area contributed by atoms with Crippen LogP contribution in [0.3, 0.4) is 0 Å². The molecule has 0 amide bonds. The SMILES string of the molecule is COC(=O)CNCC1(Br)Cc2ccccc2C1=O. The number of carbonyl (C=O) groups excluding carboxylic acids is 2. The largest absolute Gasteiger partial charge is 0.468 e. The first-order valence-electron chi connectivity index (χ1n) is 5.66. The second kappa shape index (κ2) is 5.20. The van der Waals surface area contributed by atoms with Gasteiger partial charge in [-0.25, -0.2) is 0 Å². The summed E-state index contributed by atoms with van der Waals surface area (Å²) in [5, 5.41) is 2.94. The highest BCUT2D eigenvalue weighted by molar-refractivity contribution is 9.10.